The summed E-state index contributed by atoms with van der Waals surface area (Å²) in [5, 5.41) is 3.09. The Morgan fingerprint density at radius 2 is 2.27 bits per heavy atom. The maximum absolute atomic E-state index is 11.7. The van der Waals surface area contributed by atoms with E-state index < -0.39 is 5.60 Å². The van der Waals surface area contributed by atoms with Crippen LogP contribution < -0.4 is 5.32 Å². The highest BCUT2D eigenvalue weighted by Crippen LogP contribution is 2.21. The molecule has 15 heavy (non-hydrogen) atoms. The summed E-state index contributed by atoms with van der Waals surface area (Å²) >= 11 is 5.87. The molecular weight excluding hydrogens is 216 g/mol. The van der Waals surface area contributed by atoms with Crippen molar-refractivity contribution in [3.63, 3.8) is 0 Å². The van der Waals surface area contributed by atoms with Crippen molar-refractivity contribution in [2.75, 3.05) is 12.4 Å². The zero-order chi connectivity index (χ0) is 11.5. The van der Waals surface area contributed by atoms with Crippen molar-refractivity contribution < 1.29 is 9.53 Å². The van der Waals surface area contributed by atoms with Gasteiger partial charge in [-0.25, -0.2) is 0 Å². The number of carbonyl (C=O) groups is 1. The largest absolute Gasteiger partial charge is 0.369 e. The second-order valence-electron chi connectivity index (χ2n) is 3.52. The molecule has 0 fully saturated rings. The number of carbonyl (C=O) groups excluding carboxylic acids is 1. The number of hydrogen-bond acceptors (Lipinski definition) is 3. The van der Waals surface area contributed by atoms with Gasteiger partial charge in [0, 0.05) is 13.3 Å². The van der Waals surface area contributed by atoms with Crippen LogP contribution in [0.1, 0.15) is 13.8 Å². The van der Waals surface area contributed by atoms with E-state index in [2.05, 4.69) is 10.3 Å². The van der Waals surface area contributed by atoms with Crippen LogP contribution in [0.3, 0.4) is 0 Å². The molecule has 0 atom stereocenters. The molecule has 0 aliphatic heterocycles. The van der Waals surface area contributed by atoms with Crippen molar-refractivity contribution in [1.82, 2.24) is 4.98 Å². The lowest BCUT2D eigenvalue weighted by atomic mass is 10.1. The Morgan fingerprint density at radius 3 is 2.80 bits per heavy atom. The monoisotopic (exact) mass is 228 g/mol. The van der Waals surface area contributed by atoms with Crippen LogP contribution in [0.2, 0.25) is 5.02 Å². The van der Waals surface area contributed by atoms with Crippen molar-refractivity contribution in [1.29, 1.82) is 0 Å². The number of anilines is 1. The minimum absolute atomic E-state index is 0.264. The summed E-state index contributed by atoms with van der Waals surface area (Å²) in [4.78, 5) is 15.6. The van der Waals surface area contributed by atoms with Gasteiger partial charge < -0.3 is 10.1 Å². The van der Waals surface area contributed by atoms with Gasteiger partial charge in [-0.3, -0.25) is 9.78 Å². The Morgan fingerprint density at radius 1 is 1.60 bits per heavy atom. The average molecular weight is 229 g/mol. The van der Waals surface area contributed by atoms with Crippen LogP contribution in [0.5, 0.6) is 0 Å². The van der Waals surface area contributed by atoms with Gasteiger partial charge in [-0.05, 0) is 19.9 Å². The standard InChI is InChI=1S/C10H13ClN2O2/c1-10(2,15-3)9(14)13-8-6-12-5-4-7(8)11/h4-6H,1-3H3,(H,13,14). The molecule has 0 aliphatic rings. The number of ether oxygens (including phenoxy) is 1. The number of pyridine rings is 1. The first-order chi connectivity index (χ1) is 6.97. The molecule has 1 aromatic rings. The number of aromatic nitrogens is 1. The fraction of sp³-hybridized carbons (Fsp3) is 0.400. The second-order valence-corrected chi connectivity index (χ2v) is 3.93. The third kappa shape index (κ3) is 2.91. The minimum Gasteiger partial charge on any atom is -0.369 e. The lowest BCUT2D eigenvalue weighted by Crippen LogP contribution is -2.38. The van der Waals surface area contributed by atoms with Crippen LogP contribution in [0.25, 0.3) is 0 Å². The van der Waals surface area contributed by atoms with E-state index in [0.29, 0.717) is 10.7 Å². The summed E-state index contributed by atoms with van der Waals surface area (Å²) in [6.45, 7) is 3.35. The van der Waals surface area contributed by atoms with Crippen molar-refractivity contribution >= 4 is 23.2 Å². The molecule has 82 valence electrons. The summed E-state index contributed by atoms with van der Waals surface area (Å²) in [6.07, 6.45) is 3.05. The van der Waals surface area contributed by atoms with E-state index in [4.69, 9.17) is 16.3 Å². The van der Waals surface area contributed by atoms with Gasteiger partial charge in [0.2, 0.25) is 0 Å². The van der Waals surface area contributed by atoms with Gasteiger partial charge >= 0.3 is 0 Å². The quantitative estimate of drug-likeness (QED) is 0.862. The van der Waals surface area contributed by atoms with Gasteiger partial charge in [0.25, 0.3) is 5.91 Å². The molecular formula is C10H13ClN2O2. The molecule has 0 saturated heterocycles. The number of nitrogens with one attached hydrogen (secondary N) is 1. The van der Waals surface area contributed by atoms with E-state index in [1.165, 1.54) is 13.3 Å². The van der Waals surface area contributed by atoms with E-state index in [-0.39, 0.29) is 5.91 Å². The van der Waals surface area contributed by atoms with Crippen LogP contribution in [0.15, 0.2) is 18.5 Å². The van der Waals surface area contributed by atoms with Crippen molar-refractivity contribution in [2.45, 2.75) is 19.4 Å². The number of nitrogens with zero attached hydrogens (tertiary/aromatic N) is 1. The number of rotatable bonds is 3. The molecule has 5 heteroatoms. The predicted molar refractivity (Wildman–Crippen MR) is 59.0 cm³/mol. The van der Waals surface area contributed by atoms with Gasteiger partial charge in [0.05, 0.1) is 16.9 Å². The van der Waals surface area contributed by atoms with Gasteiger partial charge in [-0.15, -0.1) is 0 Å². The minimum atomic E-state index is -0.890. The molecule has 0 bridgehead atoms. The van der Waals surface area contributed by atoms with Gasteiger partial charge in [0.15, 0.2) is 0 Å². The average Bonchev–Trinajstić information content (AvgIpc) is 2.21. The molecule has 0 aromatic carbocycles. The fourth-order valence-electron chi connectivity index (χ4n) is 0.835. The first-order valence-corrected chi connectivity index (χ1v) is 4.81. The Labute approximate surface area is 93.6 Å². The highest BCUT2D eigenvalue weighted by molar-refractivity contribution is 6.33. The summed E-state index contributed by atoms with van der Waals surface area (Å²) in [6, 6.07) is 1.61. The van der Waals surface area contributed by atoms with Gasteiger partial charge in [0.1, 0.15) is 5.60 Å². The Hall–Kier alpha value is -1.13. The molecule has 0 radical (unpaired) electrons. The SMILES string of the molecule is COC(C)(C)C(=O)Nc1cnccc1Cl. The molecule has 1 aromatic heterocycles. The lowest BCUT2D eigenvalue weighted by molar-refractivity contribution is -0.133. The second kappa shape index (κ2) is 4.59. The topological polar surface area (TPSA) is 51.2 Å². The molecule has 0 spiro atoms. The van der Waals surface area contributed by atoms with E-state index in [1.54, 1.807) is 26.1 Å². The van der Waals surface area contributed by atoms with Crippen molar-refractivity contribution in [2.24, 2.45) is 0 Å². The molecule has 0 saturated carbocycles. The molecule has 4 nitrogen and oxygen atoms in total. The smallest absolute Gasteiger partial charge is 0.256 e. The fourth-order valence-corrected chi connectivity index (χ4v) is 0.987. The molecule has 1 N–H and O–H groups in total. The van der Waals surface area contributed by atoms with Crippen LogP contribution >= 0.6 is 11.6 Å². The first-order valence-electron chi connectivity index (χ1n) is 4.43. The number of hydrogen-bond donors (Lipinski definition) is 1. The maximum atomic E-state index is 11.7. The maximum Gasteiger partial charge on any atom is 0.256 e. The first kappa shape index (κ1) is 11.9. The number of amides is 1. The third-order valence-electron chi connectivity index (χ3n) is 2.07. The zero-order valence-electron chi connectivity index (χ0n) is 8.87. The third-order valence-corrected chi connectivity index (χ3v) is 2.40. The van der Waals surface area contributed by atoms with E-state index in [1.807, 2.05) is 0 Å². The summed E-state index contributed by atoms with van der Waals surface area (Å²) in [5.41, 5.74) is -0.409. The molecule has 0 aliphatic carbocycles. The number of halogens is 1. The molecule has 1 heterocycles. The normalized spacial score (nSPS) is 11.2. The van der Waals surface area contributed by atoms with Crippen molar-refractivity contribution in [3.05, 3.63) is 23.5 Å². The van der Waals surface area contributed by atoms with E-state index in [9.17, 15) is 4.79 Å². The predicted octanol–water partition coefficient (Wildman–Crippen LogP) is 2.10. The van der Waals surface area contributed by atoms with Crippen LogP contribution in [0.4, 0.5) is 5.69 Å². The van der Waals surface area contributed by atoms with Gasteiger partial charge in [-0.1, -0.05) is 11.6 Å². The molecule has 1 amide bonds. The Balaban J connectivity index is 2.80. The van der Waals surface area contributed by atoms with Crippen LogP contribution in [-0.4, -0.2) is 23.6 Å². The summed E-state index contributed by atoms with van der Waals surface area (Å²) in [5.74, 6) is -0.264. The highest BCUT2D eigenvalue weighted by atomic mass is 35.5. The van der Waals surface area contributed by atoms with E-state index in [0.717, 1.165) is 0 Å². The van der Waals surface area contributed by atoms with Crippen LogP contribution in [-0.2, 0) is 9.53 Å². The molecule has 1 rings (SSSR count). The lowest BCUT2D eigenvalue weighted by Gasteiger charge is -2.21. The number of methoxy groups -OCH3 is 1. The van der Waals surface area contributed by atoms with Crippen LogP contribution in [0, 0.1) is 0 Å². The van der Waals surface area contributed by atoms with Crippen molar-refractivity contribution in [3.8, 4) is 0 Å². The Bertz CT molecular complexity index is 366. The van der Waals surface area contributed by atoms with E-state index >= 15 is 0 Å². The Kier molecular flexibility index (Phi) is 3.66. The summed E-state index contributed by atoms with van der Waals surface area (Å²) < 4.78 is 5.04. The molecule has 0 unspecified atom stereocenters. The summed E-state index contributed by atoms with van der Waals surface area (Å²) in [7, 11) is 1.48. The zero-order valence-corrected chi connectivity index (χ0v) is 9.63. The van der Waals surface area contributed by atoms with Gasteiger partial charge in [-0.2, -0.15) is 0 Å². The highest BCUT2D eigenvalue weighted by Gasteiger charge is 2.27.